The van der Waals surface area contributed by atoms with E-state index in [4.69, 9.17) is 21.1 Å². The van der Waals surface area contributed by atoms with E-state index < -0.39 is 11.9 Å². The number of amides is 1. The van der Waals surface area contributed by atoms with Gasteiger partial charge in [0, 0.05) is 34.5 Å². The number of nitrogens with one attached hydrogen (secondary N) is 1. The van der Waals surface area contributed by atoms with E-state index in [-0.39, 0.29) is 24.0 Å². The number of fused-ring (bicyclic) bond motifs is 1. The summed E-state index contributed by atoms with van der Waals surface area (Å²) >= 11 is 7.54. The van der Waals surface area contributed by atoms with Crippen LogP contribution >= 0.6 is 23.4 Å². The molecular weight excluding hydrogens is 417 g/mol. The van der Waals surface area contributed by atoms with E-state index in [9.17, 15) is 9.18 Å². The second-order valence-corrected chi connectivity index (χ2v) is 7.64. The number of halogens is 2. The van der Waals surface area contributed by atoms with Crippen LogP contribution < -0.4 is 9.64 Å². The molecule has 0 saturated heterocycles. The summed E-state index contributed by atoms with van der Waals surface area (Å²) in [4.78, 5) is 15.3. The standard InChI is InChI=1S/C20H17ClFN3O3S/c21-18-15(22)4-2-6-17(18)27-8-9-28-20(26)25-7-10-29-19-14(3-1-5-16(19)25)13-11-23-24-12-13/h1-6,11-12H,7-10H2,(H,23,24). The van der Waals surface area contributed by atoms with Gasteiger partial charge in [0.2, 0.25) is 0 Å². The van der Waals surface area contributed by atoms with Crippen LogP contribution in [0.2, 0.25) is 5.02 Å². The van der Waals surface area contributed by atoms with Crippen molar-refractivity contribution in [2.45, 2.75) is 4.90 Å². The molecule has 3 aromatic rings. The Kier molecular flexibility index (Phi) is 5.92. The number of carbonyl (C=O) groups excluding carboxylic acids is 1. The number of ether oxygens (including phenoxy) is 2. The van der Waals surface area contributed by atoms with Gasteiger partial charge in [-0.3, -0.25) is 10.00 Å². The molecule has 0 radical (unpaired) electrons. The third kappa shape index (κ3) is 4.18. The van der Waals surface area contributed by atoms with Crippen LogP contribution in [0.3, 0.4) is 0 Å². The van der Waals surface area contributed by atoms with Crippen molar-refractivity contribution < 1.29 is 18.7 Å². The van der Waals surface area contributed by atoms with Crippen molar-refractivity contribution in [3.63, 3.8) is 0 Å². The van der Waals surface area contributed by atoms with Gasteiger partial charge in [-0.15, -0.1) is 11.8 Å². The maximum Gasteiger partial charge on any atom is 0.414 e. The van der Waals surface area contributed by atoms with Crippen LogP contribution in [0.5, 0.6) is 5.75 Å². The average Bonchev–Trinajstić information content (AvgIpc) is 3.27. The molecule has 0 aliphatic carbocycles. The average molecular weight is 434 g/mol. The molecule has 0 spiro atoms. The summed E-state index contributed by atoms with van der Waals surface area (Å²) in [5.74, 6) is 0.413. The molecule has 0 unspecified atom stereocenters. The summed E-state index contributed by atoms with van der Waals surface area (Å²) in [6, 6.07) is 10.1. The summed E-state index contributed by atoms with van der Waals surface area (Å²) < 4.78 is 24.2. The minimum atomic E-state index is -0.558. The Bertz CT molecular complexity index is 1020. The van der Waals surface area contributed by atoms with Gasteiger partial charge in [0.25, 0.3) is 0 Å². The van der Waals surface area contributed by atoms with E-state index in [0.717, 1.165) is 27.5 Å². The fourth-order valence-electron chi connectivity index (χ4n) is 3.02. The lowest BCUT2D eigenvalue weighted by Crippen LogP contribution is -2.36. The van der Waals surface area contributed by atoms with Crippen molar-refractivity contribution in [1.82, 2.24) is 10.2 Å². The largest absolute Gasteiger partial charge is 0.488 e. The number of benzene rings is 2. The maximum absolute atomic E-state index is 13.4. The zero-order valence-electron chi connectivity index (χ0n) is 15.2. The lowest BCUT2D eigenvalue weighted by atomic mass is 10.1. The summed E-state index contributed by atoms with van der Waals surface area (Å²) in [5.41, 5.74) is 2.78. The number of aromatic amines is 1. The van der Waals surface area contributed by atoms with E-state index in [0.29, 0.717) is 6.54 Å². The van der Waals surface area contributed by atoms with Crippen LogP contribution in [0.4, 0.5) is 14.9 Å². The van der Waals surface area contributed by atoms with Crippen molar-refractivity contribution in [1.29, 1.82) is 0 Å². The van der Waals surface area contributed by atoms with Gasteiger partial charge < -0.3 is 9.47 Å². The second kappa shape index (κ2) is 8.75. The summed E-state index contributed by atoms with van der Waals surface area (Å²) in [6.45, 7) is 0.632. The van der Waals surface area contributed by atoms with Crippen molar-refractivity contribution in [3.8, 4) is 16.9 Å². The molecule has 1 aromatic heterocycles. The van der Waals surface area contributed by atoms with Gasteiger partial charge in [0.1, 0.15) is 29.8 Å². The molecule has 1 amide bonds. The molecule has 0 bridgehead atoms. The highest BCUT2D eigenvalue weighted by Gasteiger charge is 2.26. The van der Waals surface area contributed by atoms with Crippen molar-refractivity contribution in [2.24, 2.45) is 0 Å². The van der Waals surface area contributed by atoms with Crippen molar-refractivity contribution in [3.05, 3.63) is 59.6 Å². The first kappa shape index (κ1) is 19.6. The minimum absolute atomic E-state index is 0.0199. The van der Waals surface area contributed by atoms with Gasteiger partial charge in [0.05, 0.1) is 11.9 Å². The van der Waals surface area contributed by atoms with Crippen LogP contribution in [-0.4, -0.2) is 41.8 Å². The number of hydrogen-bond donors (Lipinski definition) is 1. The predicted octanol–water partition coefficient (Wildman–Crippen LogP) is 5.00. The van der Waals surface area contributed by atoms with E-state index in [1.54, 1.807) is 28.9 Å². The number of nitrogens with zero attached hydrogens (tertiary/aromatic N) is 2. The molecular formula is C20H17ClFN3O3S. The smallest absolute Gasteiger partial charge is 0.414 e. The molecule has 0 fully saturated rings. The molecule has 0 atom stereocenters. The Labute approximate surface area is 176 Å². The van der Waals surface area contributed by atoms with Gasteiger partial charge in [-0.1, -0.05) is 29.8 Å². The third-order valence-corrected chi connectivity index (χ3v) is 5.83. The molecule has 1 aliphatic rings. The molecule has 0 saturated carbocycles. The Morgan fingerprint density at radius 3 is 2.97 bits per heavy atom. The normalized spacial score (nSPS) is 13.1. The second-order valence-electron chi connectivity index (χ2n) is 6.16. The van der Waals surface area contributed by atoms with E-state index in [2.05, 4.69) is 10.2 Å². The van der Waals surface area contributed by atoms with E-state index in [1.165, 1.54) is 12.1 Å². The lowest BCUT2D eigenvalue weighted by molar-refractivity contribution is 0.131. The van der Waals surface area contributed by atoms with Crippen LogP contribution in [-0.2, 0) is 4.74 Å². The monoisotopic (exact) mass is 433 g/mol. The van der Waals surface area contributed by atoms with E-state index in [1.807, 2.05) is 24.4 Å². The molecule has 9 heteroatoms. The maximum atomic E-state index is 13.4. The predicted molar refractivity (Wildman–Crippen MR) is 110 cm³/mol. The number of aromatic nitrogens is 2. The first-order valence-corrected chi connectivity index (χ1v) is 10.3. The molecule has 1 N–H and O–H groups in total. The van der Waals surface area contributed by atoms with Gasteiger partial charge in [-0.2, -0.15) is 5.10 Å². The van der Waals surface area contributed by atoms with Crippen LogP contribution in [0.1, 0.15) is 0 Å². The van der Waals surface area contributed by atoms with Gasteiger partial charge in [-0.25, -0.2) is 9.18 Å². The summed E-state index contributed by atoms with van der Waals surface area (Å²) in [7, 11) is 0. The first-order chi connectivity index (χ1) is 14.1. The molecule has 2 aromatic carbocycles. The SMILES string of the molecule is O=C(OCCOc1cccc(F)c1Cl)N1CCSc2c(-c3cn[nH]c3)cccc21. The number of hydrogen-bond acceptors (Lipinski definition) is 5. The summed E-state index contributed by atoms with van der Waals surface area (Å²) in [6.07, 6.45) is 3.12. The first-order valence-electron chi connectivity index (χ1n) is 8.91. The quantitative estimate of drug-likeness (QED) is 0.574. The highest BCUT2D eigenvalue weighted by Crippen LogP contribution is 2.41. The number of H-pyrrole nitrogens is 1. The Morgan fingerprint density at radius 2 is 2.14 bits per heavy atom. The molecule has 150 valence electrons. The number of thioether (sulfide) groups is 1. The van der Waals surface area contributed by atoms with E-state index >= 15 is 0 Å². The van der Waals surface area contributed by atoms with Gasteiger partial charge in [-0.05, 0) is 18.2 Å². The van der Waals surface area contributed by atoms with Crippen LogP contribution in [0.25, 0.3) is 11.1 Å². The Morgan fingerprint density at radius 1 is 1.28 bits per heavy atom. The molecule has 2 heterocycles. The van der Waals surface area contributed by atoms with Crippen LogP contribution in [0, 0.1) is 5.82 Å². The highest BCUT2D eigenvalue weighted by molar-refractivity contribution is 7.99. The molecule has 6 nitrogen and oxygen atoms in total. The Hall–Kier alpha value is -2.71. The van der Waals surface area contributed by atoms with Gasteiger partial charge >= 0.3 is 6.09 Å². The zero-order valence-corrected chi connectivity index (χ0v) is 16.8. The van der Waals surface area contributed by atoms with Crippen LogP contribution in [0.15, 0.2) is 53.7 Å². The topological polar surface area (TPSA) is 67.5 Å². The minimum Gasteiger partial charge on any atom is -0.488 e. The third-order valence-electron chi connectivity index (χ3n) is 4.36. The fraction of sp³-hybridized carbons (Fsp3) is 0.200. The molecule has 1 aliphatic heterocycles. The van der Waals surface area contributed by atoms with Crippen molar-refractivity contribution >= 4 is 35.1 Å². The molecule has 29 heavy (non-hydrogen) atoms. The number of rotatable bonds is 5. The van der Waals surface area contributed by atoms with Gasteiger partial charge in [0.15, 0.2) is 0 Å². The highest BCUT2D eigenvalue weighted by atomic mass is 35.5. The van der Waals surface area contributed by atoms with Crippen molar-refractivity contribution in [2.75, 3.05) is 30.4 Å². The lowest BCUT2D eigenvalue weighted by Gasteiger charge is -2.29. The Balaban J connectivity index is 1.40. The molecule has 4 rings (SSSR count). The summed E-state index contributed by atoms with van der Waals surface area (Å²) in [5, 5.41) is 6.72. The number of carbonyl (C=O) groups is 1. The fourth-order valence-corrected chi connectivity index (χ4v) is 4.34. The number of anilines is 1. The zero-order chi connectivity index (χ0) is 20.2.